The fourth-order valence-corrected chi connectivity index (χ4v) is 1.99. The summed E-state index contributed by atoms with van der Waals surface area (Å²) in [4.78, 5) is 2.22. The molecule has 0 saturated carbocycles. The SMILES string of the molecule is Cc1ccc(CN(C)Cc2cn(CCN)nn2)cc1. The predicted molar refractivity (Wildman–Crippen MR) is 75.4 cm³/mol. The molecule has 5 heteroatoms. The molecule has 102 valence electrons. The summed E-state index contributed by atoms with van der Waals surface area (Å²) in [6, 6.07) is 8.61. The molecule has 0 atom stereocenters. The summed E-state index contributed by atoms with van der Waals surface area (Å²) in [7, 11) is 2.09. The summed E-state index contributed by atoms with van der Waals surface area (Å²) >= 11 is 0. The second kappa shape index (κ2) is 6.45. The molecule has 1 aromatic carbocycles. The Morgan fingerprint density at radius 1 is 1.21 bits per heavy atom. The first-order valence-electron chi connectivity index (χ1n) is 6.50. The van der Waals surface area contributed by atoms with Gasteiger partial charge in [-0.3, -0.25) is 9.58 Å². The summed E-state index contributed by atoms with van der Waals surface area (Å²) in [5.74, 6) is 0. The number of hydrogen-bond donors (Lipinski definition) is 1. The van der Waals surface area contributed by atoms with Gasteiger partial charge in [0.1, 0.15) is 0 Å². The zero-order valence-electron chi connectivity index (χ0n) is 11.6. The number of hydrogen-bond acceptors (Lipinski definition) is 4. The Labute approximate surface area is 114 Å². The van der Waals surface area contributed by atoms with E-state index in [0.717, 1.165) is 18.8 Å². The summed E-state index contributed by atoms with van der Waals surface area (Å²) < 4.78 is 1.79. The zero-order chi connectivity index (χ0) is 13.7. The zero-order valence-corrected chi connectivity index (χ0v) is 11.6. The fourth-order valence-electron chi connectivity index (χ4n) is 1.99. The summed E-state index contributed by atoms with van der Waals surface area (Å²) in [6.45, 7) is 5.10. The Bertz CT molecular complexity index is 503. The first-order chi connectivity index (χ1) is 9.17. The van der Waals surface area contributed by atoms with Gasteiger partial charge in [-0.1, -0.05) is 35.0 Å². The quantitative estimate of drug-likeness (QED) is 0.846. The Kier molecular flexibility index (Phi) is 4.65. The topological polar surface area (TPSA) is 60.0 Å². The Morgan fingerprint density at radius 2 is 1.95 bits per heavy atom. The first-order valence-corrected chi connectivity index (χ1v) is 6.50. The van der Waals surface area contributed by atoms with Gasteiger partial charge in [0, 0.05) is 25.8 Å². The van der Waals surface area contributed by atoms with Gasteiger partial charge in [-0.15, -0.1) is 5.10 Å². The molecule has 2 rings (SSSR count). The van der Waals surface area contributed by atoms with Gasteiger partial charge in [-0.25, -0.2) is 0 Å². The van der Waals surface area contributed by atoms with E-state index in [-0.39, 0.29) is 0 Å². The molecule has 0 aliphatic heterocycles. The monoisotopic (exact) mass is 259 g/mol. The Morgan fingerprint density at radius 3 is 2.63 bits per heavy atom. The molecule has 0 unspecified atom stereocenters. The highest BCUT2D eigenvalue weighted by atomic mass is 15.4. The second-order valence-electron chi connectivity index (χ2n) is 4.92. The molecule has 2 aromatic rings. The van der Waals surface area contributed by atoms with Gasteiger partial charge in [-0.05, 0) is 19.5 Å². The Hall–Kier alpha value is -1.72. The van der Waals surface area contributed by atoms with E-state index < -0.39 is 0 Å². The molecule has 0 bridgehead atoms. The lowest BCUT2D eigenvalue weighted by molar-refractivity contribution is 0.315. The van der Waals surface area contributed by atoms with Crippen molar-refractivity contribution in [2.75, 3.05) is 13.6 Å². The molecule has 0 aliphatic carbocycles. The van der Waals surface area contributed by atoms with Gasteiger partial charge >= 0.3 is 0 Å². The van der Waals surface area contributed by atoms with Crippen LogP contribution in [-0.4, -0.2) is 33.5 Å². The molecular formula is C14H21N5. The van der Waals surface area contributed by atoms with E-state index in [1.165, 1.54) is 11.1 Å². The van der Waals surface area contributed by atoms with Crippen molar-refractivity contribution in [3.63, 3.8) is 0 Å². The summed E-state index contributed by atoms with van der Waals surface area (Å²) in [5, 5.41) is 8.18. The average molecular weight is 259 g/mol. The van der Waals surface area contributed by atoms with Crippen molar-refractivity contribution in [1.82, 2.24) is 19.9 Å². The number of nitrogens with zero attached hydrogens (tertiary/aromatic N) is 4. The third-order valence-electron chi connectivity index (χ3n) is 2.95. The second-order valence-corrected chi connectivity index (χ2v) is 4.92. The Balaban J connectivity index is 1.89. The maximum Gasteiger partial charge on any atom is 0.0967 e. The minimum Gasteiger partial charge on any atom is -0.329 e. The van der Waals surface area contributed by atoms with Crippen molar-refractivity contribution in [2.24, 2.45) is 5.73 Å². The van der Waals surface area contributed by atoms with Crippen molar-refractivity contribution in [3.05, 3.63) is 47.3 Å². The summed E-state index contributed by atoms with van der Waals surface area (Å²) in [5.41, 5.74) is 9.06. The molecule has 1 heterocycles. The van der Waals surface area contributed by atoms with Crippen molar-refractivity contribution in [3.8, 4) is 0 Å². The van der Waals surface area contributed by atoms with Crippen LogP contribution in [0.1, 0.15) is 16.8 Å². The van der Waals surface area contributed by atoms with E-state index in [9.17, 15) is 0 Å². The fraction of sp³-hybridized carbons (Fsp3) is 0.429. The number of nitrogens with two attached hydrogens (primary N) is 1. The van der Waals surface area contributed by atoms with Crippen LogP contribution in [0.4, 0.5) is 0 Å². The number of aryl methyl sites for hydroxylation is 1. The van der Waals surface area contributed by atoms with Crippen LogP contribution in [-0.2, 0) is 19.6 Å². The van der Waals surface area contributed by atoms with E-state index in [4.69, 9.17) is 5.73 Å². The maximum absolute atomic E-state index is 5.49. The molecule has 5 nitrogen and oxygen atoms in total. The molecule has 0 radical (unpaired) electrons. The van der Waals surface area contributed by atoms with Crippen LogP contribution >= 0.6 is 0 Å². The van der Waals surface area contributed by atoms with Crippen molar-refractivity contribution >= 4 is 0 Å². The molecule has 1 aromatic heterocycles. The van der Waals surface area contributed by atoms with Gasteiger partial charge in [0.15, 0.2) is 0 Å². The van der Waals surface area contributed by atoms with Gasteiger partial charge in [0.2, 0.25) is 0 Å². The van der Waals surface area contributed by atoms with Crippen LogP contribution in [0.2, 0.25) is 0 Å². The minimum absolute atomic E-state index is 0.585. The van der Waals surface area contributed by atoms with E-state index in [1.54, 1.807) is 4.68 Å². The molecule has 0 amide bonds. The van der Waals surface area contributed by atoms with Gasteiger partial charge in [0.05, 0.1) is 12.2 Å². The van der Waals surface area contributed by atoms with Crippen LogP contribution < -0.4 is 5.73 Å². The van der Waals surface area contributed by atoms with Crippen LogP contribution in [0.5, 0.6) is 0 Å². The van der Waals surface area contributed by atoms with E-state index >= 15 is 0 Å². The molecule has 0 saturated heterocycles. The molecule has 2 N–H and O–H groups in total. The lowest BCUT2D eigenvalue weighted by Gasteiger charge is -2.15. The highest BCUT2D eigenvalue weighted by molar-refractivity contribution is 5.21. The van der Waals surface area contributed by atoms with Crippen LogP contribution in [0, 0.1) is 6.92 Å². The first kappa shape index (κ1) is 13.7. The van der Waals surface area contributed by atoms with E-state index in [0.29, 0.717) is 13.1 Å². The van der Waals surface area contributed by atoms with E-state index in [1.807, 2.05) is 6.20 Å². The lowest BCUT2D eigenvalue weighted by atomic mass is 10.1. The number of aromatic nitrogens is 3. The van der Waals surface area contributed by atoms with Crippen LogP contribution in [0.25, 0.3) is 0 Å². The van der Waals surface area contributed by atoms with Gasteiger partial charge in [-0.2, -0.15) is 0 Å². The number of rotatable bonds is 6. The number of benzene rings is 1. The van der Waals surface area contributed by atoms with Crippen LogP contribution in [0.3, 0.4) is 0 Å². The van der Waals surface area contributed by atoms with Crippen LogP contribution in [0.15, 0.2) is 30.5 Å². The smallest absolute Gasteiger partial charge is 0.0967 e. The average Bonchev–Trinajstić information content (AvgIpc) is 2.80. The minimum atomic E-state index is 0.585. The molecule has 0 aliphatic rings. The normalized spacial score (nSPS) is 11.2. The van der Waals surface area contributed by atoms with Crippen molar-refractivity contribution in [2.45, 2.75) is 26.6 Å². The molecule has 19 heavy (non-hydrogen) atoms. The third-order valence-corrected chi connectivity index (χ3v) is 2.95. The highest BCUT2D eigenvalue weighted by Gasteiger charge is 2.05. The van der Waals surface area contributed by atoms with E-state index in [2.05, 4.69) is 53.4 Å². The summed E-state index contributed by atoms with van der Waals surface area (Å²) in [6.07, 6.45) is 1.96. The predicted octanol–water partition coefficient (Wildman–Crippen LogP) is 1.18. The standard InChI is InChI=1S/C14H21N5/c1-12-3-5-13(6-4-12)9-18(2)10-14-11-19(8-7-15)17-16-14/h3-6,11H,7-10,15H2,1-2H3. The molecule has 0 spiro atoms. The van der Waals surface area contributed by atoms with Gasteiger partial charge in [0.25, 0.3) is 0 Å². The lowest BCUT2D eigenvalue weighted by Crippen LogP contribution is -2.17. The largest absolute Gasteiger partial charge is 0.329 e. The third kappa shape index (κ3) is 4.15. The molecule has 0 fully saturated rings. The van der Waals surface area contributed by atoms with Crippen molar-refractivity contribution in [1.29, 1.82) is 0 Å². The maximum atomic E-state index is 5.49. The van der Waals surface area contributed by atoms with Crippen molar-refractivity contribution < 1.29 is 0 Å². The molecular weight excluding hydrogens is 238 g/mol. The van der Waals surface area contributed by atoms with Gasteiger partial charge < -0.3 is 5.73 Å². The highest BCUT2D eigenvalue weighted by Crippen LogP contribution is 2.07.